The number of rotatable bonds is 4. The van der Waals surface area contributed by atoms with Gasteiger partial charge in [-0.2, -0.15) is 13.2 Å². The van der Waals surface area contributed by atoms with Crippen molar-refractivity contribution in [2.75, 3.05) is 6.54 Å². The maximum absolute atomic E-state index is 13.3. The molecular formula is C16H15F4N. The van der Waals surface area contributed by atoms with Gasteiger partial charge >= 0.3 is 6.18 Å². The molecule has 1 atom stereocenters. The van der Waals surface area contributed by atoms with Gasteiger partial charge in [0.1, 0.15) is 5.82 Å². The van der Waals surface area contributed by atoms with Crippen molar-refractivity contribution in [3.8, 4) is 0 Å². The number of nitrogens with one attached hydrogen (secondary N) is 1. The first-order valence-electron chi connectivity index (χ1n) is 6.58. The average molecular weight is 297 g/mol. The van der Waals surface area contributed by atoms with E-state index >= 15 is 0 Å². The van der Waals surface area contributed by atoms with Crippen LogP contribution in [0.4, 0.5) is 17.6 Å². The maximum atomic E-state index is 13.3. The van der Waals surface area contributed by atoms with Crippen LogP contribution in [0.15, 0.2) is 48.5 Å². The minimum atomic E-state index is -4.36. The van der Waals surface area contributed by atoms with Crippen LogP contribution in [0.5, 0.6) is 0 Å². The highest BCUT2D eigenvalue weighted by atomic mass is 19.4. The van der Waals surface area contributed by atoms with Gasteiger partial charge in [0.2, 0.25) is 0 Å². The summed E-state index contributed by atoms with van der Waals surface area (Å²) in [4.78, 5) is 0. The lowest BCUT2D eigenvalue weighted by Gasteiger charge is -2.19. The van der Waals surface area contributed by atoms with Crippen molar-refractivity contribution in [1.29, 1.82) is 0 Å². The minimum absolute atomic E-state index is 0.340. The van der Waals surface area contributed by atoms with Crippen molar-refractivity contribution in [2.45, 2.75) is 19.1 Å². The first-order chi connectivity index (χ1) is 9.91. The Kier molecular flexibility index (Phi) is 4.63. The fraction of sp³-hybridized carbons (Fsp3) is 0.250. The predicted molar refractivity (Wildman–Crippen MR) is 73.4 cm³/mol. The van der Waals surface area contributed by atoms with Gasteiger partial charge in [0.25, 0.3) is 0 Å². The molecule has 2 aromatic rings. The highest BCUT2D eigenvalue weighted by molar-refractivity contribution is 5.34. The van der Waals surface area contributed by atoms with E-state index in [0.29, 0.717) is 17.7 Å². The monoisotopic (exact) mass is 297 g/mol. The second kappa shape index (κ2) is 6.26. The maximum Gasteiger partial charge on any atom is 0.416 e. The Labute approximate surface area is 120 Å². The van der Waals surface area contributed by atoms with Crippen LogP contribution < -0.4 is 5.32 Å². The standard InChI is InChI=1S/C16H15F4N/c1-2-21-15(12-4-3-5-14(17)10-12)11-6-8-13(9-7-11)16(18,19)20/h3-10,15,21H,2H2,1H3. The summed E-state index contributed by atoms with van der Waals surface area (Å²) in [5, 5.41) is 3.15. The number of benzene rings is 2. The summed E-state index contributed by atoms with van der Waals surface area (Å²) in [6.07, 6.45) is -4.36. The Hall–Kier alpha value is -1.88. The quantitative estimate of drug-likeness (QED) is 0.817. The van der Waals surface area contributed by atoms with Crippen LogP contribution in [0.25, 0.3) is 0 Å². The summed E-state index contributed by atoms with van der Waals surface area (Å²) in [6, 6.07) is 10.6. The first-order valence-corrected chi connectivity index (χ1v) is 6.58. The molecule has 1 nitrogen and oxygen atoms in total. The Morgan fingerprint density at radius 2 is 1.67 bits per heavy atom. The van der Waals surface area contributed by atoms with Gasteiger partial charge in [-0.15, -0.1) is 0 Å². The molecule has 0 aliphatic rings. The zero-order valence-corrected chi connectivity index (χ0v) is 11.4. The zero-order chi connectivity index (χ0) is 15.5. The van der Waals surface area contributed by atoms with Gasteiger partial charge < -0.3 is 5.32 Å². The van der Waals surface area contributed by atoms with Crippen molar-refractivity contribution >= 4 is 0 Å². The first kappa shape index (κ1) is 15.5. The van der Waals surface area contributed by atoms with Gasteiger partial charge in [0.15, 0.2) is 0 Å². The molecule has 0 saturated heterocycles. The van der Waals surface area contributed by atoms with E-state index in [2.05, 4.69) is 5.32 Å². The number of alkyl halides is 3. The normalized spacial score (nSPS) is 13.2. The molecule has 0 amide bonds. The molecule has 0 radical (unpaired) electrons. The molecule has 0 heterocycles. The third-order valence-electron chi connectivity index (χ3n) is 3.16. The van der Waals surface area contributed by atoms with Crippen LogP contribution in [0.3, 0.4) is 0 Å². The largest absolute Gasteiger partial charge is 0.416 e. The van der Waals surface area contributed by atoms with E-state index in [1.165, 1.54) is 24.3 Å². The number of hydrogen-bond acceptors (Lipinski definition) is 1. The SMILES string of the molecule is CCNC(c1ccc(C(F)(F)F)cc1)c1cccc(F)c1. The van der Waals surface area contributed by atoms with E-state index in [0.717, 1.165) is 12.1 Å². The van der Waals surface area contributed by atoms with Gasteiger partial charge in [0.05, 0.1) is 11.6 Å². The molecule has 0 spiro atoms. The molecule has 1 unspecified atom stereocenters. The lowest BCUT2D eigenvalue weighted by atomic mass is 9.97. The van der Waals surface area contributed by atoms with E-state index in [1.807, 2.05) is 6.92 Å². The van der Waals surface area contributed by atoms with Crippen molar-refractivity contribution in [1.82, 2.24) is 5.32 Å². The molecule has 21 heavy (non-hydrogen) atoms. The van der Waals surface area contributed by atoms with Gasteiger partial charge in [-0.1, -0.05) is 31.2 Å². The fourth-order valence-corrected chi connectivity index (χ4v) is 2.18. The summed E-state index contributed by atoms with van der Waals surface area (Å²) in [5.41, 5.74) is 0.646. The molecule has 2 aromatic carbocycles. The molecule has 1 N–H and O–H groups in total. The van der Waals surface area contributed by atoms with Crippen LogP contribution in [0.2, 0.25) is 0 Å². The molecular weight excluding hydrogens is 282 g/mol. The van der Waals surface area contributed by atoms with E-state index < -0.39 is 11.7 Å². The molecule has 0 saturated carbocycles. The van der Waals surface area contributed by atoms with Gasteiger partial charge in [0, 0.05) is 0 Å². The summed E-state index contributed by atoms with van der Waals surface area (Å²) >= 11 is 0. The van der Waals surface area contributed by atoms with E-state index in [9.17, 15) is 17.6 Å². The van der Waals surface area contributed by atoms with Crippen LogP contribution >= 0.6 is 0 Å². The third-order valence-corrected chi connectivity index (χ3v) is 3.16. The van der Waals surface area contributed by atoms with Crippen molar-refractivity contribution in [3.63, 3.8) is 0 Å². The van der Waals surface area contributed by atoms with Crippen molar-refractivity contribution in [3.05, 3.63) is 71.0 Å². The Bertz CT molecular complexity index is 590. The topological polar surface area (TPSA) is 12.0 Å². The highest BCUT2D eigenvalue weighted by Crippen LogP contribution is 2.31. The molecule has 0 aromatic heterocycles. The molecule has 5 heteroatoms. The number of hydrogen-bond donors (Lipinski definition) is 1. The minimum Gasteiger partial charge on any atom is -0.307 e. The molecule has 112 valence electrons. The van der Waals surface area contributed by atoms with Gasteiger partial charge in [-0.05, 0) is 41.9 Å². The van der Waals surface area contributed by atoms with E-state index in [1.54, 1.807) is 12.1 Å². The molecule has 0 fully saturated rings. The number of halogens is 4. The average Bonchev–Trinajstić information content (AvgIpc) is 2.44. The second-order valence-electron chi connectivity index (χ2n) is 4.67. The predicted octanol–water partition coefficient (Wildman–Crippen LogP) is 4.54. The zero-order valence-electron chi connectivity index (χ0n) is 11.4. The summed E-state index contributed by atoms with van der Waals surface area (Å²) < 4.78 is 51.1. The fourth-order valence-electron chi connectivity index (χ4n) is 2.18. The molecule has 0 bridgehead atoms. The smallest absolute Gasteiger partial charge is 0.307 e. The summed E-state index contributed by atoms with van der Waals surface area (Å²) in [6.45, 7) is 2.50. The Balaban J connectivity index is 2.34. The Morgan fingerprint density at radius 1 is 1.00 bits per heavy atom. The van der Waals surface area contributed by atoms with E-state index in [-0.39, 0.29) is 11.9 Å². The van der Waals surface area contributed by atoms with Gasteiger partial charge in [-0.3, -0.25) is 0 Å². The molecule has 0 aliphatic heterocycles. The van der Waals surface area contributed by atoms with Crippen LogP contribution in [0, 0.1) is 5.82 Å². The molecule has 2 rings (SSSR count). The van der Waals surface area contributed by atoms with Crippen molar-refractivity contribution in [2.24, 2.45) is 0 Å². The summed E-state index contributed by atoms with van der Waals surface area (Å²) in [7, 11) is 0. The van der Waals surface area contributed by atoms with Crippen LogP contribution in [-0.4, -0.2) is 6.54 Å². The second-order valence-corrected chi connectivity index (χ2v) is 4.67. The highest BCUT2D eigenvalue weighted by Gasteiger charge is 2.30. The van der Waals surface area contributed by atoms with Crippen LogP contribution in [0.1, 0.15) is 29.7 Å². The lowest BCUT2D eigenvalue weighted by molar-refractivity contribution is -0.137. The summed E-state index contributed by atoms with van der Waals surface area (Å²) in [5.74, 6) is -0.373. The van der Waals surface area contributed by atoms with E-state index in [4.69, 9.17) is 0 Å². The Morgan fingerprint density at radius 3 is 2.19 bits per heavy atom. The van der Waals surface area contributed by atoms with Gasteiger partial charge in [-0.25, -0.2) is 4.39 Å². The van der Waals surface area contributed by atoms with Crippen LogP contribution in [-0.2, 0) is 6.18 Å². The lowest BCUT2D eigenvalue weighted by Crippen LogP contribution is -2.22. The van der Waals surface area contributed by atoms with Crippen molar-refractivity contribution < 1.29 is 17.6 Å². The third kappa shape index (κ3) is 3.82. The molecule has 0 aliphatic carbocycles.